The Kier molecular flexibility index (Phi) is 4.70. The predicted molar refractivity (Wildman–Crippen MR) is 83.3 cm³/mol. The van der Waals surface area contributed by atoms with Crippen LogP contribution in [-0.4, -0.2) is 19.9 Å². The first kappa shape index (κ1) is 17.5. The fourth-order valence-corrected chi connectivity index (χ4v) is 4.32. The summed E-state index contributed by atoms with van der Waals surface area (Å²) in [5.74, 6) is -0.570. The molecule has 0 heterocycles. The van der Waals surface area contributed by atoms with Crippen LogP contribution in [0.25, 0.3) is 0 Å². The van der Waals surface area contributed by atoms with Gasteiger partial charge in [-0.2, -0.15) is 0 Å². The van der Waals surface area contributed by atoms with Crippen LogP contribution in [0.1, 0.15) is 37.0 Å². The molecular formula is C14H23N3O3S. The number of aryl methyl sites for hydroxylation is 1. The highest BCUT2D eigenvalue weighted by Crippen LogP contribution is 2.28. The van der Waals surface area contributed by atoms with Gasteiger partial charge in [-0.3, -0.25) is 4.79 Å². The number of carbonyl (C=O) groups excluding carboxylic acids is 1. The molecule has 0 bridgehead atoms. The zero-order valence-electron chi connectivity index (χ0n) is 13.1. The lowest BCUT2D eigenvalue weighted by atomic mass is 10.0. The molecule has 7 heteroatoms. The predicted octanol–water partition coefficient (Wildman–Crippen LogP) is 1.13. The minimum absolute atomic E-state index is 0.0916. The molecule has 0 aliphatic heterocycles. The van der Waals surface area contributed by atoms with Gasteiger partial charge in [0.2, 0.25) is 15.9 Å². The zero-order chi connectivity index (χ0) is 16.6. The van der Waals surface area contributed by atoms with Crippen molar-refractivity contribution in [2.45, 2.75) is 51.5 Å². The average Bonchev–Trinajstić information content (AvgIpc) is 2.22. The maximum atomic E-state index is 12.7. The lowest BCUT2D eigenvalue weighted by Crippen LogP contribution is -2.46. The lowest BCUT2D eigenvalue weighted by molar-refractivity contribution is -0.119. The van der Waals surface area contributed by atoms with Gasteiger partial charge in [0.05, 0.1) is 4.90 Å². The van der Waals surface area contributed by atoms with Gasteiger partial charge in [-0.15, -0.1) is 0 Å². The Morgan fingerprint density at radius 1 is 1.24 bits per heavy atom. The number of carbonyl (C=O) groups is 1. The second-order valence-electron chi connectivity index (χ2n) is 5.99. The van der Waals surface area contributed by atoms with Crippen molar-refractivity contribution in [1.82, 2.24) is 4.72 Å². The molecule has 21 heavy (non-hydrogen) atoms. The Balaban J connectivity index is 3.36. The van der Waals surface area contributed by atoms with Crippen LogP contribution >= 0.6 is 0 Å². The molecule has 0 saturated carbocycles. The van der Waals surface area contributed by atoms with Crippen molar-refractivity contribution in [2.24, 2.45) is 5.73 Å². The van der Waals surface area contributed by atoms with Gasteiger partial charge in [-0.25, -0.2) is 13.1 Å². The maximum absolute atomic E-state index is 12.7. The van der Waals surface area contributed by atoms with Crippen LogP contribution in [0, 0.1) is 20.8 Å². The Bertz CT molecular complexity index is 653. The van der Waals surface area contributed by atoms with Crippen molar-refractivity contribution in [3.05, 3.63) is 22.8 Å². The Morgan fingerprint density at radius 2 is 1.76 bits per heavy atom. The molecule has 1 rings (SSSR count). The molecule has 6 nitrogen and oxygen atoms in total. The van der Waals surface area contributed by atoms with E-state index in [1.807, 2.05) is 0 Å². The smallest absolute Gasteiger partial charge is 0.241 e. The molecule has 0 radical (unpaired) electrons. The Hall–Kier alpha value is -1.60. The van der Waals surface area contributed by atoms with Crippen LogP contribution < -0.4 is 16.2 Å². The first-order chi connectivity index (χ1) is 9.37. The van der Waals surface area contributed by atoms with E-state index < -0.39 is 21.5 Å². The van der Waals surface area contributed by atoms with Crippen LogP contribution in [-0.2, 0) is 14.8 Å². The third-order valence-corrected chi connectivity index (χ3v) is 5.34. The normalized spacial score (nSPS) is 12.4. The molecule has 0 fully saturated rings. The van der Waals surface area contributed by atoms with Crippen molar-refractivity contribution in [2.75, 3.05) is 5.73 Å². The average molecular weight is 313 g/mol. The summed E-state index contributed by atoms with van der Waals surface area (Å²) in [7, 11) is -3.81. The Labute approximate surface area is 126 Å². The first-order valence-corrected chi connectivity index (χ1v) is 8.04. The first-order valence-electron chi connectivity index (χ1n) is 6.56. The number of hydrogen-bond donors (Lipinski definition) is 3. The molecule has 0 aliphatic rings. The van der Waals surface area contributed by atoms with Gasteiger partial charge in [0.15, 0.2) is 0 Å². The van der Waals surface area contributed by atoms with Crippen LogP contribution in [0.3, 0.4) is 0 Å². The van der Waals surface area contributed by atoms with Gasteiger partial charge in [-0.05, 0) is 57.4 Å². The molecule has 1 aromatic carbocycles. The van der Waals surface area contributed by atoms with E-state index in [-0.39, 0.29) is 11.3 Å². The molecular weight excluding hydrogens is 290 g/mol. The zero-order valence-corrected chi connectivity index (χ0v) is 13.9. The number of benzene rings is 1. The third-order valence-electron chi connectivity index (χ3n) is 3.37. The summed E-state index contributed by atoms with van der Waals surface area (Å²) >= 11 is 0. The van der Waals surface area contributed by atoms with E-state index in [1.165, 1.54) is 0 Å². The second-order valence-corrected chi connectivity index (χ2v) is 7.61. The monoisotopic (exact) mass is 313 g/mol. The summed E-state index contributed by atoms with van der Waals surface area (Å²) < 4.78 is 27.8. The number of nitrogen functional groups attached to an aromatic ring is 1. The molecule has 0 atom stereocenters. The molecule has 0 spiro atoms. The van der Waals surface area contributed by atoms with E-state index in [0.717, 1.165) is 5.56 Å². The largest absolute Gasteiger partial charge is 0.398 e. The Morgan fingerprint density at radius 3 is 2.24 bits per heavy atom. The topological polar surface area (TPSA) is 115 Å². The van der Waals surface area contributed by atoms with Crippen molar-refractivity contribution in [1.29, 1.82) is 0 Å². The highest BCUT2D eigenvalue weighted by Gasteiger charge is 2.30. The van der Waals surface area contributed by atoms with E-state index in [2.05, 4.69) is 4.72 Å². The van der Waals surface area contributed by atoms with Gasteiger partial charge in [0.25, 0.3) is 0 Å². The van der Waals surface area contributed by atoms with Crippen molar-refractivity contribution < 1.29 is 13.2 Å². The standard InChI is InChI=1S/C14H23N3O3S/c1-8-6-11(15)10(3)13(9(8)2)21(19,20)17-14(4,5)7-12(16)18/h6,17H,7,15H2,1-5H3,(H2,16,18). The van der Waals surface area contributed by atoms with Crippen LogP contribution in [0.15, 0.2) is 11.0 Å². The highest BCUT2D eigenvalue weighted by molar-refractivity contribution is 7.89. The molecule has 0 unspecified atom stereocenters. The molecule has 0 saturated heterocycles. The number of sulfonamides is 1. The second kappa shape index (κ2) is 5.65. The fourth-order valence-electron chi connectivity index (χ4n) is 2.33. The number of nitrogens with two attached hydrogens (primary N) is 2. The summed E-state index contributed by atoms with van der Waals surface area (Å²) in [6.07, 6.45) is -0.0916. The molecule has 5 N–H and O–H groups in total. The van der Waals surface area contributed by atoms with Crippen LogP contribution in [0.4, 0.5) is 5.69 Å². The minimum atomic E-state index is -3.81. The third kappa shape index (κ3) is 3.95. The van der Waals surface area contributed by atoms with Crippen molar-refractivity contribution in [3.63, 3.8) is 0 Å². The maximum Gasteiger partial charge on any atom is 0.241 e. The molecule has 118 valence electrons. The molecule has 0 aromatic heterocycles. The van der Waals surface area contributed by atoms with Gasteiger partial charge in [0.1, 0.15) is 0 Å². The molecule has 1 amide bonds. The van der Waals surface area contributed by atoms with E-state index in [4.69, 9.17) is 11.5 Å². The number of nitrogens with one attached hydrogen (secondary N) is 1. The van der Waals surface area contributed by atoms with Gasteiger partial charge in [0, 0.05) is 17.6 Å². The van der Waals surface area contributed by atoms with Gasteiger partial charge < -0.3 is 11.5 Å². The fraction of sp³-hybridized carbons (Fsp3) is 0.500. The van der Waals surface area contributed by atoms with E-state index in [1.54, 1.807) is 40.7 Å². The molecule has 1 aromatic rings. The summed E-state index contributed by atoms with van der Waals surface area (Å²) in [6, 6.07) is 1.75. The molecule has 0 aliphatic carbocycles. The van der Waals surface area contributed by atoms with Crippen molar-refractivity contribution in [3.8, 4) is 0 Å². The summed E-state index contributed by atoms with van der Waals surface area (Å²) in [6.45, 7) is 8.42. The van der Waals surface area contributed by atoms with Crippen LogP contribution in [0.2, 0.25) is 0 Å². The van der Waals surface area contributed by atoms with E-state index in [9.17, 15) is 13.2 Å². The van der Waals surface area contributed by atoms with Gasteiger partial charge >= 0.3 is 0 Å². The highest BCUT2D eigenvalue weighted by atomic mass is 32.2. The number of hydrogen-bond acceptors (Lipinski definition) is 4. The minimum Gasteiger partial charge on any atom is -0.398 e. The summed E-state index contributed by atoms with van der Waals surface area (Å²) in [5, 5.41) is 0. The lowest BCUT2D eigenvalue weighted by Gasteiger charge is -2.26. The SMILES string of the molecule is Cc1cc(N)c(C)c(S(=O)(=O)NC(C)(C)CC(N)=O)c1C. The van der Waals surface area contributed by atoms with Crippen molar-refractivity contribution >= 4 is 21.6 Å². The number of rotatable bonds is 5. The van der Waals surface area contributed by atoms with E-state index >= 15 is 0 Å². The number of primary amides is 1. The number of amides is 1. The summed E-state index contributed by atoms with van der Waals surface area (Å²) in [5.41, 5.74) is 12.4. The quantitative estimate of drug-likeness (QED) is 0.706. The van der Waals surface area contributed by atoms with E-state index in [0.29, 0.717) is 16.8 Å². The van der Waals surface area contributed by atoms with Gasteiger partial charge in [-0.1, -0.05) is 0 Å². The van der Waals surface area contributed by atoms with Crippen LogP contribution in [0.5, 0.6) is 0 Å². The summed E-state index contributed by atoms with van der Waals surface area (Å²) in [4.78, 5) is 11.2. The number of anilines is 1.